The van der Waals surface area contributed by atoms with E-state index in [0.717, 1.165) is 31.8 Å². The molecule has 0 aromatic rings. The Bertz CT molecular complexity index is 731. The number of hydrogen-bond acceptors (Lipinski definition) is 4. The summed E-state index contributed by atoms with van der Waals surface area (Å²) in [6.45, 7) is 12.6. The van der Waals surface area contributed by atoms with E-state index in [1.54, 1.807) is 5.57 Å². The summed E-state index contributed by atoms with van der Waals surface area (Å²) >= 11 is 0. The van der Waals surface area contributed by atoms with Gasteiger partial charge in [0.05, 0.1) is 5.41 Å². The fraction of sp³-hybridized carbons (Fsp3) is 0.680. The van der Waals surface area contributed by atoms with Crippen LogP contribution in [0.3, 0.4) is 0 Å². The Hall–Kier alpha value is -1.84. The predicted molar refractivity (Wildman–Crippen MR) is 114 cm³/mol. The molecule has 0 aromatic heterocycles. The first-order valence-corrected chi connectivity index (χ1v) is 11.1. The second-order valence-corrected chi connectivity index (χ2v) is 9.74. The SMILES string of the molecule is C=CC(=O)OCCOC(=O)[C@@]1(C)CCC[C@@]2(C)C1CC=C1C=C(C(C)C)CC[C@H]12. The summed E-state index contributed by atoms with van der Waals surface area (Å²) < 4.78 is 10.5. The number of carbonyl (C=O) groups excluding carboxylic acids is 2. The van der Waals surface area contributed by atoms with E-state index >= 15 is 0 Å². The molecule has 3 aliphatic carbocycles. The molecule has 0 aliphatic heterocycles. The van der Waals surface area contributed by atoms with E-state index in [1.165, 1.54) is 18.4 Å². The van der Waals surface area contributed by atoms with Gasteiger partial charge in [-0.25, -0.2) is 4.79 Å². The van der Waals surface area contributed by atoms with E-state index < -0.39 is 11.4 Å². The number of rotatable bonds is 6. The average Bonchev–Trinajstić information content (AvgIpc) is 2.70. The summed E-state index contributed by atoms with van der Waals surface area (Å²) in [5.41, 5.74) is 2.69. The van der Waals surface area contributed by atoms with Gasteiger partial charge in [-0.15, -0.1) is 0 Å². The summed E-state index contributed by atoms with van der Waals surface area (Å²) in [6, 6.07) is 0. The van der Waals surface area contributed by atoms with Crippen molar-refractivity contribution in [2.24, 2.45) is 28.6 Å². The molecule has 4 atom stereocenters. The molecule has 4 heteroatoms. The van der Waals surface area contributed by atoms with Crippen molar-refractivity contribution in [3.63, 3.8) is 0 Å². The van der Waals surface area contributed by atoms with Crippen LogP contribution in [0, 0.1) is 28.6 Å². The van der Waals surface area contributed by atoms with E-state index in [-0.39, 0.29) is 30.5 Å². The second kappa shape index (κ2) is 8.49. The molecule has 160 valence electrons. The highest BCUT2D eigenvalue weighted by molar-refractivity contribution is 5.81. The number of esters is 2. The summed E-state index contributed by atoms with van der Waals surface area (Å²) in [4.78, 5) is 24.3. The highest BCUT2D eigenvalue weighted by Gasteiger charge is 2.57. The molecule has 0 bridgehead atoms. The molecular weight excluding hydrogens is 364 g/mol. The molecule has 0 saturated heterocycles. The van der Waals surface area contributed by atoms with E-state index in [9.17, 15) is 9.59 Å². The fourth-order valence-corrected chi connectivity index (χ4v) is 6.09. The van der Waals surface area contributed by atoms with Crippen LogP contribution >= 0.6 is 0 Å². The van der Waals surface area contributed by atoms with Crippen LogP contribution in [0.1, 0.15) is 66.2 Å². The highest BCUT2D eigenvalue weighted by atomic mass is 16.6. The van der Waals surface area contributed by atoms with Crippen molar-refractivity contribution in [3.8, 4) is 0 Å². The quantitative estimate of drug-likeness (QED) is 0.341. The Labute approximate surface area is 175 Å². The Balaban J connectivity index is 1.75. The molecule has 0 amide bonds. The molecular formula is C25H36O4. The number of hydrogen-bond donors (Lipinski definition) is 0. The molecule has 1 unspecified atom stereocenters. The lowest BCUT2D eigenvalue weighted by atomic mass is 9.47. The van der Waals surface area contributed by atoms with Crippen LogP contribution in [0.2, 0.25) is 0 Å². The standard InChI is InChI=1S/C25H36O4/c1-6-22(26)28-14-15-29-23(27)25(5)13-7-12-24(4)20-10-8-18(17(2)3)16-19(20)9-11-21(24)25/h6,9,16-17,20-21H,1,7-8,10-15H2,2-5H3/t20-,21?,24-,25+/m1/s1. The zero-order valence-corrected chi connectivity index (χ0v) is 18.5. The van der Waals surface area contributed by atoms with Crippen molar-refractivity contribution in [3.05, 3.63) is 36.0 Å². The van der Waals surface area contributed by atoms with Gasteiger partial charge in [0.15, 0.2) is 0 Å². The van der Waals surface area contributed by atoms with Crippen LogP contribution in [-0.2, 0) is 19.1 Å². The molecule has 4 nitrogen and oxygen atoms in total. The van der Waals surface area contributed by atoms with Crippen molar-refractivity contribution in [2.45, 2.75) is 66.2 Å². The van der Waals surface area contributed by atoms with Gasteiger partial charge in [0.25, 0.3) is 0 Å². The molecule has 0 radical (unpaired) electrons. The summed E-state index contributed by atoms with van der Waals surface area (Å²) in [5.74, 6) is 0.784. The van der Waals surface area contributed by atoms with E-state index in [2.05, 4.69) is 46.4 Å². The summed E-state index contributed by atoms with van der Waals surface area (Å²) in [6.07, 6.45) is 12.3. The monoisotopic (exact) mass is 400 g/mol. The Kier molecular flexibility index (Phi) is 6.40. The lowest BCUT2D eigenvalue weighted by Crippen LogP contribution is -2.53. The van der Waals surface area contributed by atoms with Gasteiger partial charge in [0.2, 0.25) is 0 Å². The van der Waals surface area contributed by atoms with Crippen LogP contribution in [-0.4, -0.2) is 25.2 Å². The maximum atomic E-state index is 13.1. The predicted octanol–water partition coefficient (Wildman–Crippen LogP) is 5.39. The van der Waals surface area contributed by atoms with Crippen molar-refractivity contribution in [1.82, 2.24) is 0 Å². The third kappa shape index (κ3) is 4.08. The van der Waals surface area contributed by atoms with Crippen molar-refractivity contribution in [1.29, 1.82) is 0 Å². The third-order valence-electron chi connectivity index (χ3n) is 7.77. The van der Waals surface area contributed by atoms with Crippen LogP contribution in [0.25, 0.3) is 0 Å². The minimum Gasteiger partial charge on any atom is -0.462 e. The van der Waals surface area contributed by atoms with Crippen LogP contribution < -0.4 is 0 Å². The van der Waals surface area contributed by atoms with E-state index in [0.29, 0.717) is 11.8 Å². The van der Waals surface area contributed by atoms with Gasteiger partial charge >= 0.3 is 11.9 Å². The van der Waals surface area contributed by atoms with Crippen LogP contribution in [0.4, 0.5) is 0 Å². The number of ether oxygens (including phenoxy) is 2. The molecule has 3 aliphatic rings. The van der Waals surface area contributed by atoms with Gasteiger partial charge in [-0.3, -0.25) is 4.79 Å². The van der Waals surface area contributed by atoms with E-state index in [4.69, 9.17) is 9.47 Å². The normalized spacial score (nSPS) is 33.7. The molecule has 0 aromatic carbocycles. The smallest absolute Gasteiger partial charge is 0.330 e. The largest absolute Gasteiger partial charge is 0.462 e. The van der Waals surface area contributed by atoms with Gasteiger partial charge in [-0.2, -0.15) is 0 Å². The first-order valence-electron chi connectivity index (χ1n) is 11.1. The van der Waals surface area contributed by atoms with Crippen LogP contribution in [0.5, 0.6) is 0 Å². The summed E-state index contributed by atoms with van der Waals surface area (Å²) in [7, 11) is 0. The molecule has 3 rings (SSSR count). The minimum absolute atomic E-state index is 0.0735. The highest BCUT2D eigenvalue weighted by Crippen LogP contribution is 2.62. The van der Waals surface area contributed by atoms with E-state index in [1.807, 2.05) is 0 Å². The fourth-order valence-electron chi connectivity index (χ4n) is 6.09. The third-order valence-corrected chi connectivity index (χ3v) is 7.77. The van der Waals surface area contributed by atoms with Crippen molar-refractivity contribution >= 4 is 11.9 Å². The molecule has 0 heterocycles. The van der Waals surface area contributed by atoms with Gasteiger partial charge < -0.3 is 9.47 Å². The molecule has 1 saturated carbocycles. The Morgan fingerprint density at radius 1 is 1.24 bits per heavy atom. The Morgan fingerprint density at radius 2 is 1.97 bits per heavy atom. The first kappa shape index (κ1) is 21.9. The van der Waals surface area contributed by atoms with Gasteiger partial charge in [0, 0.05) is 6.08 Å². The van der Waals surface area contributed by atoms with Gasteiger partial charge in [0.1, 0.15) is 13.2 Å². The number of allylic oxidation sites excluding steroid dienone is 4. The zero-order chi connectivity index (χ0) is 21.2. The Morgan fingerprint density at radius 3 is 2.66 bits per heavy atom. The average molecular weight is 401 g/mol. The summed E-state index contributed by atoms with van der Waals surface area (Å²) in [5, 5.41) is 0. The first-order chi connectivity index (χ1) is 13.7. The molecule has 0 N–H and O–H groups in total. The van der Waals surface area contributed by atoms with Crippen molar-refractivity contribution in [2.75, 3.05) is 13.2 Å². The van der Waals surface area contributed by atoms with Gasteiger partial charge in [-0.1, -0.05) is 51.5 Å². The number of fused-ring (bicyclic) bond motifs is 3. The molecule has 0 spiro atoms. The molecule has 29 heavy (non-hydrogen) atoms. The molecule has 1 fully saturated rings. The second-order valence-electron chi connectivity index (χ2n) is 9.74. The lowest BCUT2D eigenvalue weighted by molar-refractivity contribution is -0.171. The van der Waals surface area contributed by atoms with Crippen molar-refractivity contribution < 1.29 is 19.1 Å². The minimum atomic E-state index is -0.492. The maximum Gasteiger partial charge on any atom is 0.330 e. The van der Waals surface area contributed by atoms with Gasteiger partial charge in [-0.05, 0) is 67.8 Å². The zero-order valence-electron chi connectivity index (χ0n) is 18.5. The topological polar surface area (TPSA) is 52.6 Å². The maximum absolute atomic E-state index is 13.1. The lowest BCUT2D eigenvalue weighted by Gasteiger charge is -2.57. The number of carbonyl (C=O) groups is 2. The van der Waals surface area contributed by atoms with Crippen LogP contribution in [0.15, 0.2) is 36.0 Å².